The Bertz CT molecular complexity index is 800. The fourth-order valence-corrected chi connectivity index (χ4v) is 3.54. The number of carboxylic acid groups (broad SMARTS) is 1. The predicted octanol–water partition coefficient (Wildman–Crippen LogP) is 3.52. The number of carboxylic acids is 1. The fourth-order valence-electron chi connectivity index (χ4n) is 3.54. The van der Waals surface area contributed by atoms with Gasteiger partial charge >= 0.3 is 5.97 Å². The Hall–Kier alpha value is -2.66. The van der Waals surface area contributed by atoms with E-state index in [0.29, 0.717) is 12.1 Å². The molecule has 27 heavy (non-hydrogen) atoms. The van der Waals surface area contributed by atoms with Crippen LogP contribution in [0.4, 0.5) is 0 Å². The van der Waals surface area contributed by atoms with Gasteiger partial charge < -0.3 is 15.2 Å². The Labute approximate surface area is 159 Å². The van der Waals surface area contributed by atoms with Crippen LogP contribution in [0.5, 0.6) is 0 Å². The number of aromatic carboxylic acids is 1. The van der Waals surface area contributed by atoms with Gasteiger partial charge in [-0.2, -0.15) is 0 Å². The Kier molecular flexibility index (Phi) is 6.24. The van der Waals surface area contributed by atoms with Gasteiger partial charge in [-0.25, -0.2) is 4.79 Å². The molecule has 2 atom stereocenters. The average molecular weight is 367 g/mol. The number of ether oxygens (including phenoxy) is 1. The van der Waals surface area contributed by atoms with Crippen molar-refractivity contribution in [2.24, 2.45) is 5.92 Å². The maximum Gasteiger partial charge on any atom is 0.335 e. The molecule has 1 aliphatic rings. The highest BCUT2D eigenvalue weighted by Gasteiger charge is 2.27. The summed E-state index contributed by atoms with van der Waals surface area (Å²) in [6, 6.07) is 14.9. The Morgan fingerprint density at radius 2 is 1.89 bits per heavy atom. The molecule has 0 aliphatic carbocycles. The molecule has 2 unspecified atom stereocenters. The summed E-state index contributed by atoms with van der Waals surface area (Å²) >= 11 is 0. The normalized spacial score (nSPS) is 19.4. The first-order valence-electron chi connectivity index (χ1n) is 9.30. The van der Waals surface area contributed by atoms with Gasteiger partial charge in [0, 0.05) is 19.1 Å². The van der Waals surface area contributed by atoms with E-state index in [1.54, 1.807) is 18.2 Å². The largest absolute Gasteiger partial charge is 0.478 e. The molecule has 0 bridgehead atoms. The van der Waals surface area contributed by atoms with Crippen molar-refractivity contribution in [3.8, 4) is 0 Å². The van der Waals surface area contributed by atoms with Gasteiger partial charge in [-0.15, -0.1) is 0 Å². The predicted molar refractivity (Wildman–Crippen MR) is 103 cm³/mol. The summed E-state index contributed by atoms with van der Waals surface area (Å²) in [5, 5.41) is 12.2. The number of amides is 1. The van der Waals surface area contributed by atoms with E-state index in [1.165, 1.54) is 11.6 Å². The molecule has 0 saturated carbocycles. The number of hydrogen-bond acceptors (Lipinski definition) is 3. The molecular formula is C22H25NO4. The van der Waals surface area contributed by atoms with Gasteiger partial charge in [0.05, 0.1) is 18.1 Å². The number of carbonyl (C=O) groups excluding carboxylic acids is 1. The average Bonchev–Trinajstić information content (AvgIpc) is 2.67. The van der Waals surface area contributed by atoms with Crippen LogP contribution in [0.1, 0.15) is 46.0 Å². The quantitative estimate of drug-likeness (QED) is 0.819. The van der Waals surface area contributed by atoms with Crippen LogP contribution >= 0.6 is 0 Å². The van der Waals surface area contributed by atoms with E-state index in [2.05, 4.69) is 36.5 Å². The lowest BCUT2D eigenvalue weighted by atomic mass is 9.89. The van der Waals surface area contributed by atoms with E-state index in [4.69, 9.17) is 4.74 Å². The molecule has 2 N–H and O–H groups in total. The van der Waals surface area contributed by atoms with Crippen LogP contribution in [-0.4, -0.2) is 30.1 Å². The van der Waals surface area contributed by atoms with Crippen LogP contribution in [0, 0.1) is 12.8 Å². The van der Waals surface area contributed by atoms with Gasteiger partial charge in [-0.05, 0) is 37.0 Å². The van der Waals surface area contributed by atoms with Crippen molar-refractivity contribution in [3.05, 3.63) is 70.8 Å². The Morgan fingerprint density at radius 3 is 2.63 bits per heavy atom. The van der Waals surface area contributed by atoms with Gasteiger partial charge in [0.15, 0.2) is 0 Å². The van der Waals surface area contributed by atoms with Crippen molar-refractivity contribution in [2.75, 3.05) is 13.2 Å². The van der Waals surface area contributed by atoms with Gasteiger partial charge in [-0.1, -0.05) is 48.0 Å². The van der Waals surface area contributed by atoms with Crippen LogP contribution in [0.3, 0.4) is 0 Å². The molecule has 2 aromatic rings. The molecule has 5 heteroatoms. The lowest BCUT2D eigenvalue weighted by molar-refractivity contribution is -0.121. The number of hydrogen-bond donors (Lipinski definition) is 2. The van der Waals surface area contributed by atoms with E-state index in [-0.39, 0.29) is 29.9 Å². The van der Waals surface area contributed by atoms with E-state index in [1.807, 2.05) is 0 Å². The summed E-state index contributed by atoms with van der Waals surface area (Å²) < 4.78 is 5.99. The fraction of sp³-hybridized carbons (Fsp3) is 0.364. The summed E-state index contributed by atoms with van der Waals surface area (Å²) in [4.78, 5) is 23.7. The highest BCUT2D eigenvalue weighted by atomic mass is 16.5. The lowest BCUT2D eigenvalue weighted by Crippen LogP contribution is -2.36. The van der Waals surface area contributed by atoms with Crippen LogP contribution in [0.2, 0.25) is 0 Å². The summed E-state index contributed by atoms with van der Waals surface area (Å²) in [7, 11) is 0. The molecule has 142 valence electrons. The van der Waals surface area contributed by atoms with Crippen molar-refractivity contribution in [3.63, 3.8) is 0 Å². The van der Waals surface area contributed by atoms with Crippen LogP contribution in [0.25, 0.3) is 0 Å². The first kappa shape index (κ1) is 19.1. The molecule has 0 radical (unpaired) electrons. The highest BCUT2D eigenvalue weighted by Crippen LogP contribution is 2.33. The third-order valence-corrected chi connectivity index (χ3v) is 5.01. The van der Waals surface area contributed by atoms with E-state index < -0.39 is 5.97 Å². The zero-order valence-electron chi connectivity index (χ0n) is 15.5. The van der Waals surface area contributed by atoms with E-state index in [9.17, 15) is 14.7 Å². The zero-order valence-corrected chi connectivity index (χ0v) is 15.5. The molecule has 1 amide bonds. The summed E-state index contributed by atoms with van der Waals surface area (Å²) in [6.45, 7) is 3.31. The van der Waals surface area contributed by atoms with Crippen molar-refractivity contribution in [2.45, 2.75) is 32.3 Å². The third-order valence-electron chi connectivity index (χ3n) is 5.01. The van der Waals surface area contributed by atoms with Crippen molar-refractivity contribution in [1.29, 1.82) is 0 Å². The Balaban J connectivity index is 1.61. The van der Waals surface area contributed by atoms with Gasteiger partial charge in [0.2, 0.25) is 5.91 Å². The molecule has 1 aliphatic heterocycles. The molecule has 5 nitrogen and oxygen atoms in total. The monoisotopic (exact) mass is 367 g/mol. The molecule has 1 saturated heterocycles. The number of carbonyl (C=O) groups is 2. The first-order chi connectivity index (χ1) is 13.0. The van der Waals surface area contributed by atoms with Gasteiger partial charge in [-0.3, -0.25) is 4.79 Å². The molecule has 2 aromatic carbocycles. The second-order valence-electron chi connectivity index (χ2n) is 7.05. The molecule has 0 spiro atoms. The van der Waals surface area contributed by atoms with Crippen molar-refractivity contribution < 1.29 is 19.4 Å². The minimum Gasteiger partial charge on any atom is -0.478 e. The molecular weight excluding hydrogens is 342 g/mol. The minimum absolute atomic E-state index is 0.0223. The maximum absolute atomic E-state index is 12.4. The topological polar surface area (TPSA) is 75.6 Å². The maximum atomic E-state index is 12.4. The van der Waals surface area contributed by atoms with Crippen LogP contribution < -0.4 is 5.32 Å². The second-order valence-corrected chi connectivity index (χ2v) is 7.05. The summed E-state index contributed by atoms with van der Waals surface area (Å²) in [5.41, 5.74) is 3.04. The molecule has 0 aromatic heterocycles. The minimum atomic E-state index is -1.02. The lowest BCUT2D eigenvalue weighted by Gasteiger charge is -2.32. The van der Waals surface area contributed by atoms with Gasteiger partial charge in [0.25, 0.3) is 0 Å². The number of rotatable bonds is 6. The molecule has 1 fully saturated rings. The summed E-state index contributed by atoms with van der Waals surface area (Å²) in [6.07, 6.45) is 2.01. The number of aryl methyl sites for hydroxylation is 1. The first-order valence-corrected chi connectivity index (χ1v) is 9.30. The van der Waals surface area contributed by atoms with Crippen LogP contribution in [0.15, 0.2) is 48.5 Å². The highest BCUT2D eigenvalue weighted by molar-refractivity contribution is 5.91. The standard InChI is InChI=1S/C22H25NO4/c1-15-8-10-16(11-9-15)21-18(6-4-12-27-21)14-23-20(24)13-17-5-2-3-7-19(17)22(25)26/h2-3,5,7-11,18,21H,4,6,12-14H2,1H3,(H,23,24)(H,25,26). The second kappa shape index (κ2) is 8.82. The van der Waals surface area contributed by atoms with E-state index >= 15 is 0 Å². The van der Waals surface area contributed by atoms with Crippen LogP contribution in [-0.2, 0) is 16.0 Å². The smallest absolute Gasteiger partial charge is 0.335 e. The third kappa shape index (κ3) is 4.95. The molecule has 1 heterocycles. The number of benzene rings is 2. The summed E-state index contributed by atoms with van der Waals surface area (Å²) in [5.74, 6) is -0.976. The Morgan fingerprint density at radius 1 is 1.15 bits per heavy atom. The zero-order chi connectivity index (χ0) is 19.2. The van der Waals surface area contributed by atoms with Crippen molar-refractivity contribution >= 4 is 11.9 Å². The van der Waals surface area contributed by atoms with Crippen molar-refractivity contribution in [1.82, 2.24) is 5.32 Å². The van der Waals surface area contributed by atoms with Gasteiger partial charge in [0.1, 0.15) is 0 Å². The number of nitrogens with one attached hydrogen (secondary N) is 1. The molecule has 3 rings (SSSR count). The van der Waals surface area contributed by atoms with E-state index in [0.717, 1.165) is 25.0 Å². The SMILES string of the molecule is Cc1ccc(C2OCCCC2CNC(=O)Cc2ccccc2C(=O)O)cc1.